The molecule has 2 heterocycles. The van der Waals surface area contributed by atoms with Crippen LogP contribution in [-0.4, -0.2) is 70.5 Å². The molecular formula is C34H34ClF3N6O4. The van der Waals surface area contributed by atoms with E-state index in [0.29, 0.717) is 0 Å². The van der Waals surface area contributed by atoms with Gasteiger partial charge in [0.1, 0.15) is 23.8 Å². The Labute approximate surface area is 280 Å². The minimum absolute atomic E-state index is 0.0656. The molecule has 2 N–H and O–H groups in total. The molecule has 1 aromatic heterocycles. The standard InChI is InChI=1S/C34H34ClF3N6O4/c1-33(2,3)48-32(47)43-18-26(44(28(45)19-43)27-13-20(17-39)11-12-40-27)30(41-22-8-6-7-21(36)14-22)29(24-9-4-5-10-25(24)35)31(46)42-23-15-34(37,38)16-23/h4-14,23,26,29-30,41H,15-16,18-19H2,1-3H3,(H,42,46)/t26-,29?,30?/m0/s1. The molecule has 2 aromatic carbocycles. The topological polar surface area (TPSA) is 128 Å². The first-order valence-electron chi connectivity index (χ1n) is 15.2. The van der Waals surface area contributed by atoms with Gasteiger partial charge in [0, 0.05) is 42.3 Å². The number of alkyl halides is 2. The van der Waals surface area contributed by atoms with Crippen LogP contribution in [0.25, 0.3) is 0 Å². The zero-order chi connectivity index (χ0) is 34.8. The molecule has 10 nitrogen and oxygen atoms in total. The average molecular weight is 683 g/mol. The number of ether oxygens (including phenoxy) is 1. The number of piperazine rings is 1. The maximum absolute atomic E-state index is 14.5. The van der Waals surface area contributed by atoms with Crippen molar-refractivity contribution in [3.8, 4) is 6.07 Å². The number of nitrogens with zero attached hydrogens (tertiary/aromatic N) is 4. The Morgan fingerprint density at radius 1 is 1.12 bits per heavy atom. The molecule has 3 atom stereocenters. The number of nitriles is 1. The lowest BCUT2D eigenvalue weighted by atomic mass is 9.82. The molecule has 0 radical (unpaired) electrons. The van der Waals surface area contributed by atoms with Crippen molar-refractivity contribution in [2.75, 3.05) is 23.3 Å². The fraction of sp³-hybridized carbons (Fsp3) is 0.382. The number of aromatic nitrogens is 1. The zero-order valence-corrected chi connectivity index (χ0v) is 27.2. The summed E-state index contributed by atoms with van der Waals surface area (Å²) in [6.45, 7) is 4.40. The van der Waals surface area contributed by atoms with Gasteiger partial charge in [0.05, 0.1) is 29.6 Å². The van der Waals surface area contributed by atoms with Crippen LogP contribution in [0.2, 0.25) is 5.02 Å². The summed E-state index contributed by atoms with van der Waals surface area (Å²) in [7, 11) is 0. The highest BCUT2D eigenvalue weighted by Gasteiger charge is 2.50. The molecular weight excluding hydrogens is 649 g/mol. The van der Waals surface area contributed by atoms with Gasteiger partial charge in [0.2, 0.25) is 11.8 Å². The summed E-state index contributed by atoms with van der Waals surface area (Å²) in [5, 5.41) is 15.7. The third kappa shape index (κ3) is 7.99. The molecule has 3 amide bonds. The summed E-state index contributed by atoms with van der Waals surface area (Å²) < 4.78 is 47.8. The lowest BCUT2D eigenvalue weighted by Crippen LogP contribution is -2.66. The first-order chi connectivity index (χ1) is 22.6. The van der Waals surface area contributed by atoms with E-state index < -0.39 is 78.7 Å². The number of anilines is 2. The first kappa shape index (κ1) is 34.5. The van der Waals surface area contributed by atoms with Gasteiger partial charge in [-0.05, 0) is 62.7 Å². The number of hydrogen-bond donors (Lipinski definition) is 2. The van der Waals surface area contributed by atoms with E-state index in [0.717, 1.165) is 0 Å². The van der Waals surface area contributed by atoms with E-state index in [1.165, 1.54) is 46.3 Å². The number of pyridine rings is 1. The Kier molecular flexibility index (Phi) is 9.86. The first-order valence-corrected chi connectivity index (χ1v) is 15.6. The van der Waals surface area contributed by atoms with Crippen LogP contribution in [0.4, 0.5) is 29.5 Å². The largest absolute Gasteiger partial charge is 0.444 e. The number of benzene rings is 2. The van der Waals surface area contributed by atoms with E-state index in [-0.39, 0.29) is 34.2 Å². The van der Waals surface area contributed by atoms with Crippen molar-refractivity contribution >= 4 is 41.0 Å². The van der Waals surface area contributed by atoms with Gasteiger partial charge >= 0.3 is 6.09 Å². The van der Waals surface area contributed by atoms with Gasteiger partial charge in [0.25, 0.3) is 5.92 Å². The summed E-state index contributed by atoms with van der Waals surface area (Å²) in [6, 6.07) is 13.6. The van der Waals surface area contributed by atoms with Gasteiger partial charge < -0.3 is 15.4 Å². The van der Waals surface area contributed by atoms with Crippen LogP contribution in [0.15, 0.2) is 66.9 Å². The molecule has 1 saturated heterocycles. The van der Waals surface area contributed by atoms with Crippen LogP contribution in [0, 0.1) is 17.1 Å². The van der Waals surface area contributed by atoms with Gasteiger partial charge in [-0.2, -0.15) is 5.26 Å². The number of carbonyl (C=O) groups is 3. The van der Waals surface area contributed by atoms with Gasteiger partial charge in [-0.15, -0.1) is 0 Å². The molecule has 0 bridgehead atoms. The molecule has 48 heavy (non-hydrogen) atoms. The molecule has 1 aliphatic heterocycles. The summed E-state index contributed by atoms with van der Waals surface area (Å²) >= 11 is 6.68. The van der Waals surface area contributed by atoms with Crippen molar-refractivity contribution in [2.45, 2.75) is 69.2 Å². The normalized spacial score (nSPS) is 19.0. The van der Waals surface area contributed by atoms with Gasteiger partial charge in [0.15, 0.2) is 0 Å². The van der Waals surface area contributed by atoms with E-state index in [9.17, 15) is 32.8 Å². The molecule has 2 aliphatic rings. The highest BCUT2D eigenvalue weighted by atomic mass is 35.5. The fourth-order valence-corrected chi connectivity index (χ4v) is 6.16. The highest BCUT2D eigenvalue weighted by Crippen LogP contribution is 2.39. The summed E-state index contributed by atoms with van der Waals surface area (Å²) in [5.74, 6) is -6.02. The predicted molar refractivity (Wildman–Crippen MR) is 172 cm³/mol. The molecule has 1 aliphatic carbocycles. The van der Waals surface area contributed by atoms with Gasteiger partial charge in [-0.25, -0.2) is 22.9 Å². The van der Waals surface area contributed by atoms with Crippen molar-refractivity contribution in [2.24, 2.45) is 0 Å². The summed E-state index contributed by atoms with van der Waals surface area (Å²) in [5.41, 5.74) is -0.195. The minimum Gasteiger partial charge on any atom is -0.444 e. The quantitative estimate of drug-likeness (QED) is 0.304. The lowest BCUT2D eigenvalue weighted by molar-refractivity contribution is -0.131. The Hall–Kier alpha value is -4.83. The molecule has 252 valence electrons. The summed E-state index contributed by atoms with van der Waals surface area (Å²) in [6.07, 6.45) is -0.551. The number of amides is 3. The fourth-order valence-electron chi connectivity index (χ4n) is 5.91. The highest BCUT2D eigenvalue weighted by molar-refractivity contribution is 6.31. The van der Waals surface area contributed by atoms with Crippen LogP contribution in [0.1, 0.15) is 50.7 Å². The third-order valence-electron chi connectivity index (χ3n) is 8.00. The van der Waals surface area contributed by atoms with Crippen LogP contribution in [0.5, 0.6) is 0 Å². The number of rotatable bonds is 8. The minimum atomic E-state index is -2.92. The van der Waals surface area contributed by atoms with E-state index in [4.69, 9.17) is 16.3 Å². The van der Waals surface area contributed by atoms with Crippen LogP contribution < -0.4 is 15.5 Å². The SMILES string of the molecule is CC(C)(C)OC(=O)N1CC(=O)N(c2cc(C#N)ccn2)[C@H](C(Nc2cccc(F)c2)C(C(=O)NC2CC(F)(F)C2)c2ccccc2Cl)C1. The van der Waals surface area contributed by atoms with E-state index in [1.54, 1.807) is 51.1 Å². The Balaban J connectivity index is 1.68. The van der Waals surface area contributed by atoms with E-state index in [1.807, 2.05) is 6.07 Å². The van der Waals surface area contributed by atoms with Gasteiger partial charge in [-0.3, -0.25) is 19.4 Å². The number of hydrogen-bond acceptors (Lipinski definition) is 7. The second-order valence-corrected chi connectivity index (χ2v) is 13.3. The van der Waals surface area contributed by atoms with Crippen molar-refractivity contribution < 1.29 is 32.3 Å². The molecule has 3 aromatic rings. The number of halogens is 4. The molecule has 0 spiro atoms. The molecule has 1 saturated carbocycles. The van der Waals surface area contributed by atoms with Crippen LogP contribution >= 0.6 is 11.6 Å². The Bertz CT molecular complexity index is 1740. The third-order valence-corrected chi connectivity index (χ3v) is 8.34. The maximum atomic E-state index is 14.5. The van der Waals surface area contributed by atoms with Crippen molar-refractivity contribution in [3.63, 3.8) is 0 Å². The van der Waals surface area contributed by atoms with Crippen LogP contribution in [-0.2, 0) is 14.3 Å². The van der Waals surface area contributed by atoms with Crippen LogP contribution in [0.3, 0.4) is 0 Å². The summed E-state index contributed by atoms with van der Waals surface area (Å²) in [4.78, 5) is 48.5. The van der Waals surface area contributed by atoms with E-state index >= 15 is 0 Å². The molecule has 2 unspecified atom stereocenters. The average Bonchev–Trinajstić information content (AvgIpc) is 2.99. The Morgan fingerprint density at radius 2 is 1.85 bits per heavy atom. The van der Waals surface area contributed by atoms with Crippen molar-refractivity contribution in [1.82, 2.24) is 15.2 Å². The molecule has 5 rings (SSSR count). The monoisotopic (exact) mass is 682 g/mol. The number of carbonyl (C=O) groups excluding carboxylic acids is 3. The Morgan fingerprint density at radius 3 is 2.50 bits per heavy atom. The molecule has 14 heteroatoms. The van der Waals surface area contributed by atoms with E-state index in [2.05, 4.69) is 15.6 Å². The van der Waals surface area contributed by atoms with Crippen molar-refractivity contribution in [3.05, 3.63) is 88.8 Å². The second-order valence-electron chi connectivity index (χ2n) is 12.9. The van der Waals surface area contributed by atoms with Crippen molar-refractivity contribution in [1.29, 1.82) is 5.26 Å². The predicted octanol–water partition coefficient (Wildman–Crippen LogP) is 5.88. The number of nitrogens with one attached hydrogen (secondary N) is 2. The maximum Gasteiger partial charge on any atom is 0.410 e. The molecule has 2 fully saturated rings. The smallest absolute Gasteiger partial charge is 0.410 e. The van der Waals surface area contributed by atoms with Gasteiger partial charge in [-0.1, -0.05) is 35.9 Å². The zero-order valence-electron chi connectivity index (χ0n) is 26.4. The lowest BCUT2D eigenvalue weighted by Gasteiger charge is -2.46. The second kappa shape index (κ2) is 13.7.